The number of carbonyl (C=O) groups excluding carboxylic acids is 1. The Bertz CT molecular complexity index is 547. The Labute approximate surface area is 126 Å². The summed E-state index contributed by atoms with van der Waals surface area (Å²) in [4.78, 5) is 21.7. The number of rotatable bonds is 4. The number of hydrogen-bond acceptors (Lipinski definition) is 7. The number of aldehydes is 1. The molecule has 0 radical (unpaired) electrons. The number of hydrogen-bond donors (Lipinski definition) is 1. The number of carbonyl (C=O) groups is 1. The van der Waals surface area contributed by atoms with Gasteiger partial charge in [0.1, 0.15) is 11.0 Å². The molecule has 0 spiro atoms. The summed E-state index contributed by atoms with van der Waals surface area (Å²) in [6, 6.07) is 2.22. The highest BCUT2D eigenvalue weighted by Gasteiger charge is 2.24. The Kier molecular flexibility index (Phi) is 5.17. The van der Waals surface area contributed by atoms with Crippen LogP contribution in [0.5, 0.6) is 0 Å². The first-order valence-electron chi connectivity index (χ1n) is 6.11. The molecule has 20 heavy (non-hydrogen) atoms. The minimum Gasteiger partial charge on any atom is -0.353 e. The summed E-state index contributed by atoms with van der Waals surface area (Å²) in [5.74, 6) is 0.550. The molecule has 0 aromatic carbocycles. The van der Waals surface area contributed by atoms with Crippen molar-refractivity contribution in [3.05, 3.63) is 10.7 Å². The summed E-state index contributed by atoms with van der Waals surface area (Å²) in [5.41, 5.74) is 0.307. The fourth-order valence-corrected chi connectivity index (χ4v) is 2.73. The van der Waals surface area contributed by atoms with Gasteiger partial charge in [-0.3, -0.25) is 4.79 Å². The first kappa shape index (κ1) is 15.0. The molecule has 2 rings (SSSR count). The maximum Gasteiger partial charge on any atom is 0.190 e. The summed E-state index contributed by atoms with van der Waals surface area (Å²) in [5, 5.41) is 12.8. The third kappa shape index (κ3) is 3.20. The molecule has 0 amide bonds. The van der Waals surface area contributed by atoms with Gasteiger partial charge < -0.3 is 10.2 Å². The highest BCUT2D eigenvalue weighted by Crippen LogP contribution is 2.26. The maximum absolute atomic E-state index is 11.2. The van der Waals surface area contributed by atoms with Gasteiger partial charge in [-0.05, 0) is 6.26 Å². The molecule has 1 atom stereocenters. The Morgan fingerprint density at radius 2 is 2.45 bits per heavy atom. The van der Waals surface area contributed by atoms with Gasteiger partial charge in [-0.15, -0.1) is 0 Å². The predicted octanol–water partition coefficient (Wildman–Crippen LogP) is 1.36. The van der Waals surface area contributed by atoms with Crippen molar-refractivity contribution in [1.82, 2.24) is 15.3 Å². The molecule has 106 valence electrons. The number of aromatic nitrogens is 2. The van der Waals surface area contributed by atoms with E-state index in [1.165, 1.54) is 11.8 Å². The topological polar surface area (TPSA) is 81.9 Å². The van der Waals surface area contributed by atoms with Crippen LogP contribution in [0.1, 0.15) is 16.8 Å². The first-order valence-corrected chi connectivity index (χ1v) is 7.71. The van der Waals surface area contributed by atoms with Gasteiger partial charge >= 0.3 is 0 Å². The van der Waals surface area contributed by atoms with E-state index in [0.717, 1.165) is 6.54 Å². The van der Waals surface area contributed by atoms with Gasteiger partial charge in [-0.1, -0.05) is 23.4 Å². The second kappa shape index (κ2) is 6.88. The molecule has 1 aromatic heterocycles. The van der Waals surface area contributed by atoms with Gasteiger partial charge in [-0.2, -0.15) is 5.26 Å². The zero-order valence-corrected chi connectivity index (χ0v) is 12.5. The minimum absolute atomic E-state index is 0.0692. The number of nitrogens with one attached hydrogen (secondary N) is 1. The summed E-state index contributed by atoms with van der Waals surface area (Å²) >= 11 is 7.41. The number of anilines is 1. The highest BCUT2D eigenvalue weighted by molar-refractivity contribution is 7.98. The van der Waals surface area contributed by atoms with Crippen LogP contribution < -0.4 is 10.2 Å². The van der Waals surface area contributed by atoms with E-state index in [2.05, 4.69) is 21.4 Å². The summed E-state index contributed by atoms with van der Waals surface area (Å²) in [6.07, 6.45) is 2.95. The second-order valence-electron chi connectivity index (χ2n) is 4.32. The molecule has 1 fully saturated rings. The maximum atomic E-state index is 11.2. The fraction of sp³-hybridized carbons (Fsp3) is 0.500. The molecule has 8 heteroatoms. The molecule has 0 saturated carbocycles. The van der Waals surface area contributed by atoms with Gasteiger partial charge in [0.25, 0.3) is 0 Å². The Morgan fingerprint density at radius 3 is 3.10 bits per heavy atom. The van der Waals surface area contributed by atoms with Crippen LogP contribution in [-0.2, 0) is 0 Å². The smallest absolute Gasteiger partial charge is 0.190 e. The van der Waals surface area contributed by atoms with Crippen LogP contribution in [0.25, 0.3) is 0 Å². The molecule has 0 bridgehead atoms. The molecular formula is C12H14ClN5OS. The molecule has 1 aliphatic rings. The third-order valence-corrected chi connectivity index (χ3v) is 3.89. The van der Waals surface area contributed by atoms with Crippen molar-refractivity contribution in [2.24, 2.45) is 0 Å². The van der Waals surface area contributed by atoms with Crippen LogP contribution in [0.3, 0.4) is 0 Å². The van der Waals surface area contributed by atoms with E-state index in [-0.39, 0.29) is 11.2 Å². The molecule has 1 saturated heterocycles. The van der Waals surface area contributed by atoms with Crippen LogP contribution in [0, 0.1) is 11.3 Å². The average molecular weight is 312 g/mol. The summed E-state index contributed by atoms with van der Waals surface area (Å²) in [7, 11) is 0. The van der Waals surface area contributed by atoms with E-state index in [4.69, 9.17) is 16.9 Å². The normalized spacial score (nSPS) is 18.6. The van der Waals surface area contributed by atoms with Crippen molar-refractivity contribution in [3.63, 3.8) is 0 Å². The third-order valence-electron chi connectivity index (χ3n) is 3.05. The van der Waals surface area contributed by atoms with Gasteiger partial charge in [0.15, 0.2) is 11.4 Å². The first-order chi connectivity index (χ1) is 9.69. The SMILES string of the molecule is CSc1nc(Cl)c(C=O)c(N2CCNC(CC#N)C2)n1. The Morgan fingerprint density at radius 1 is 1.65 bits per heavy atom. The van der Waals surface area contributed by atoms with E-state index in [9.17, 15) is 4.79 Å². The lowest BCUT2D eigenvalue weighted by atomic mass is 10.1. The predicted molar refractivity (Wildman–Crippen MR) is 78.4 cm³/mol. The molecule has 1 aliphatic heterocycles. The van der Waals surface area contributed by atoms with Gasteiger partial charge in [0.2, 0.25) is 0 Å². The average Bonchev–Trinajstić information content (AvgIpc) is 2.47. The minimum atomic E-state index is 0.0692. The van der Waals surface area contributed by atoms with Gasteiger partial charge in [0, 0.05) is 25.7 Å². The van der Waals surface area contributed by atoms with Crippen LogP contribution in [0.4, 0.5) is 5.82 Å². The molecule has 1 aromatic rings. The zero-order chi connectivity index (χ0) is 14.5. The lowest BCUT2D eigenvalue weighted by Gasteiger charge is -2.34. The number of thioether (sulfide) groups is 1. The van der Waals surface area contributed by atoms with E-state index >= 15 is 0 Å². The Balaban J connectivity index is 2.33. The number of nitrogens with zero attached hydrogens (tertiary/aromatic N) is 4. The highest BCUT2D eigenvalue weighted by atomic mass is 35.5. The lowest BCUT2D eigenvalue weighted by molar-refractivity contribution is 0.112. The number of nitriles is 1. The van der Waals surface area contributed by atoms with E-state index in [1.54, 1.807) is 0 Å². The quantitative estimate of drug-likeness (QED) is 0.389. The molecule has 2 heterocycles. The van der Waals surface area contributed by atoms with Crippen molar-refractivity contribution in [3.8, 4) is 6.07 Å². The second-order valence-corrected chi connectivity index (χ2v) is 5.45. The van der Waals surface area contributed by atoms with Gasteiger partial charge in [0.05, 0.1) is 18.1 Å². The zero-order valence-electron chi connectivity index (χ0n) is 11.0. The monoisotopic (exact) mass is 311 g/mol. The lowest BCUT2D eigenvalue weighted by Crippen LogP contribution is -2.51. The Hall–Kier alpha value is -1.36. The summed E-state index contributed by atoms with van der Waals surface area (Å²) < 4.78 is 0. The fourth-order valence-electron chi connectivity index (χ4n) is 2.11. The van der Waals surface area contributed by atoms with Gasteiger partial charge in [-0.25, -0.2) is 9.97 Å². The molecular weight excluding hydrogens is 298 g/mol. The van der Waals surface area contributed by atoms with Crippen LogP contribution in [0.2, 0.25) is 5.15 Å². The van der Waals surface area contributed by atoms with E-state index in [1.807, 2.05) is 11.2 Å². The van der Waals surface area contributed by atoms with Crippen molar-refractivity contribution >= 4 is 35.5 Å². The van der Waals surface area contributed by atoms with Crippen LogP contribution >= 0.6 is 23.4 Å². The molecule has 6 nitrogen and oxygen atoms in total. The number of halogens is 1. The largest absolute Gasteiger partial charge is 0.353 e. The van der Waals surface area contributed by atoms with Crippen molar-refractivity contribution in [2.75, 3.05) is 30.8 Å². The number of piperazine rings is 1. The van der Waals surface area contributed by atoms with Crippen molar-refractivity contribution < 1.29 is 4.79 Å². The van der Waals surface area contributed by atoms with Crippen LogP contribution in [-0.4, -0.2) is 48.2 Å². The molecule has 1 unspecified atom stereocenters. The van der Waals surface area contributed by atoms with Crippen molar-refractivity contribution in [1.29, 1.82) is 5.26 Å². The molecule has 0 aliphatic carbocycles. The molecule has 1 N–H and O–H groups in total. The summed E-state index contributed by atoms with van der Waals surface area (Å²) in [6.45, 7) is 2.07. The van der Waals surface area contributed by atoms with Crippen LogP contribution in [0.15, 0.2) is 5.16 Å². The van der Waals surface area contributed by atoms with Crippen molar-refractivity contribution in [2.45, 2.75) is 17.6 Å². The standard InChI is InChI=1S/C12H14ClN5OS/c1-20-12-16-10(13)9(7-19)11(17-12)18-5-4-15-8(6-18)2-3-14/h7-8,15H,2,4-6H2,1H3. The van der Waals surface area contributed by atoms with E-state index in [0.29, 0.717) is 42.3 Å². The van der Waals surface area contributed by atoms with E-state index < -0.39 is 0 Å².